The van der Waals surface area contributed by atoms with Gasteiger partial charge < -0.3 is 14.2 Å². The highest BCUT2D eigenvalue weighted by molar-refractivity contribution is 8.15. The maximum absolute atomic E-state index is 13.2. The molecular formula is C23H28N2O5S. The predicted octanol–water partition coefficient (Wildman–Crippen LogP) is 4.25. The number of aliphatic imine (C=N–C) groups is 1. The first kappa shape index (κ1) is 22.9. The summed E-state index contributed by atoms with van der Waals surface area (Å²) in [6.45, 7) is 12.2. The first-order chi connectivity index (χ1) is 15.0. The number of hydrogen-bond acceptors (Lipinski definition) is 7. The van der Waals surface area contributed by atoms with Gasteiger partial charge in [0.15, 0.2) is 16.7 Å². The lowest BCUT2D eigenvalue weighted by Crippen LogP contribution is -2.40. The van der Waals surface area contributed by atoms with Gasteiger partial charge in [0.05, 0.1) is 35.8 Å². The quantitative estimate of drug-likeness (QED) is 0.419. The Labute approximate surface area is 187 Å². The number of amides is 1. The van der Waals surface area contributed by atoms with Gasteiger partial charge in [-0.2, -0.15) is 0 Å². The van der Waals surface area contributed by atoms with E-state index in [9.17, 15) is 9.59 Å². The second-order valence-electron chi connectivity index (χ2n) is 6.98. The third-order valence-electron chi connectivity index (χ3n) is 4.96. The Hall–Kier alpha value is -2.74. The minimum Gasteiger partial charge on any atom is -0.490 e. The van der Waals surface area contributed by atoms with E-state index in [2.05, 4.69) is 11.6 Å². The highest BCUT2D eigenvalue weighted by Crippen LogP contribution is 2.45. The van der Waals surface area contributed by atoms with Crippen LogP contribution in [0.3, 0.4) is 0 Å². The fourth-order valence-corrected chi connectivity index (χ4v) is 4.75. The molecule has 0 radical (unpaired) electrons. The van der Waals surface area contributed by atoms with E-state index in [4.69, 9.17) is 14.2 Å². The number of amidine groups is 1. The number of ether oxygens (including phenoxy) is 3. The summed E-state index contributed by atoms with van der Waals surface area (Å²) < 4.78 is 16.8. The van der Waals surface area contributed by atoms with Gasteiger partial charge in [0.2, 0.25) is 5.91 Å². The molecule has 0 aliphatic carbocycles. The number of hydrogen-bond donors (Lipinski definition) is 0. The van der Waals surface area contributed by atoms with Crippen LogP contribution in [-0.4, -0.2) is 47.0 Å². The van der Waals surface area contributed by atoms with Crippen LogP contribution < -0.4 is 9.47 Å². The number of esters is 1. The molecule has 7 nitrogen and oxygen atoms in total. The fraction of sp³-hybridized carbons (Fsp3) is 0.435. The lowest BCUT2D eigenvalue weighted by molar-refractivity contribution is -0.139. The van der Waals surface area contributed by atoms with Crippen molar-refractivity contribution in [3.8, 4) is 11.5 Å². The fourth-order valence-electron chi connectivity index (χ4n) is 3.62. The second-order valence-corrected chi connectivity index (χ2v) is 8.15. The van der Waals surface area contributed by atoms with Gasteiger partial charge in [-0.3, -0.25) is 9.69 Å². The number of carbonyl (C=O) groups excluding carboxylic acids is 2. The molecule has 0 saturated carbocycles. The monoisotopic (exact) mass is 444 g/mol. The molecule has 1 amide bonds. The molecule has 0 bridgehead atoms. The van der Waals surface area contributed by atoms with E-state index in [1.807, 2.05) is 39.0 Å². The van der Waals surface area contributed by atoms with Crippen molar-refractivity contribution in [3.63, 3.8) is 0 Å². The molecule has 1 aromatic rings. The maximum Gasteiger partial charge on any atom is 0.338 e. The molecular weight excluding hydrogens is 416 g/mol. The zero-order valence-electron chi connectivity index (χ0n) is 18.3. The van der Waals surface area contributed by atoms with Crippen molar-refractivity contribution in [3.05, 3.63) is 47.7 Å². The Morgan fingerprint density at radius 1 is 1.23 bits per heavy atom. The van der Waals surface area contributed by atoms with Crippen LogP contribution in [0.2, 0.25) is 0 Å². The van der Waals surface area contributed by atoms with E-state index in [1.54, 1.807) is 11.8 Å². The summed E-state index contributed by atoms with van der Waals surface area (Å²) in [6, 6.07) is 4.83. The molecule has 0 aromatic heterocycles. The summed E-state index contributed by atoms with van der Waals surface area (Å²) in [5.41, 5.74) is 1.60. The maximum atomic E-state index is 13.2. The SMILES string of the molecule is C=CCOC(=O)C1=C(C)N=C2S[C@H](CC)C(=O)N2[C@@H]1c1ccc(OCC)c(OCC)c1. The van der Waals surface area contributed by atoms with Crippen LogP contribution in [0.1, 0.15) is 45.7 Å². The molecule has 1 fully saturated rings. The zero-order valence-corrected chi connectivity index (χ0v) is 19.2. The average molecular weight is 445 g/mol. The summed E-state index contributed by atoms with van der Waals surface area (Å²) in [7, 11) is 0. The van der Waals surface area contributed by atoms with Crippen LogP contribution in [0.5, 0.6) is 11.5 Å². The number of thioether (sulfide) groups is 1. The Kier molecular flexibility index (Phi) is 7.43. The summed E-state index contributed by atoms with van der Waals surface area (Å²) in [4.78, 5) is 32.4. The molecule has 1 aromatic carbocycles. The largest absolute Gasteiger partial charge is 0.490 e. The first-order valence-corrected chi connectivity index (χ1v) is 11.3. The van der Waals surface area contributed by atoms with Gasteiger partial charge in [-0.05, 0) is 44.9 Å². The van der Waals surface area contributed by atoms with Gasteiger partial charge in [-0.1, -0.05) is 37.4 Å². The van der Waals surface area contributed by atoms with Gasteiger partial charge in [-0.15, -0.1) is 0 Å². The number of nitrogens with zero attached hydrogens (tertiary/aromatic N) is 2. The van der Waals surface area contributed by atoms with E-state index >= 15 is 0 Å². The third-order valence-corrected chi connectivity index (χ3v) is 6.28. The van der Waals surface area contributed by atoms with Gasteiger partial charge in [0, 0.05) is 0 Å². The van der Waals surface area contributed by atoms with Crippen molar-refractivity contribution < 1.29 is 23.8 Å². The smallest absolute Gasteiger partial charge is 0.338 e. The Balaban J connectivity index is 2.13. The van der Waals surface area contributed by atoms with E-state index in [1.165, 1.54) is 17.8 Å². The Bertz CT molecular complexity index is 940. The van der Waals surface area contributed by atoms with Crippen LogP contribution in [0, 0.1) is 0 Å². The molecule has 0 N–H and O–H groups in total. The molecule has 1 saturated heterocycles. The van der Waals surface area contributed by atoms with Crippen LogP contribution in [0.15, 0.2) is 47.1 Å². The number of rotatable bonds is 9. The number of carbonyl (C=O) groups is 2. The Morgan fingerprint density at radius 3 is 2.58 bits per heavy atom. The Morgan fingerprint density at radius 2 is 1.94 bits per heavy atom. The summed E-state index contributed by atoms with van der Waals surface area (Å²) in [5.74, 6) is 0.593. The van der Waals surface area contributed by atoms with Crippen molar-refractivity contribution in [2.75, 3.05) is 19.8 Å². The standard InChI is InChI=1S/C23H28N2O5S/c1-6-12-30-22(27)19-14(5)24-23-25(21(26)18(7-2)31-23)20(19)15-10-11-16(28-8-3)17(13-15)29-9-4/h6,10-11,13,18,20H,1,7-9,12H2,2-5H3/t18-,20-/m1/s1. The first-order valence-electron chi connectivity index (χ1n) is 10.4. The van der Waals surface area contributed by atoms with Crippen LogP contribution in [0.4, 0.5) is 0 Å². The predicted molar refractivity (Wildman–Crippen MR) is 121 cm³/mol. The molecule has 31 heavy (non-hydrogen) atoms. The van der Waals surface area contributed by atoms with Gasteiger partial charge >= 0.3 is 5.97 Å². The van der Waals surface area contributed by atoms with Crippen molar-refractivity contribution in [1.29, 1.82) is 0 Å². The second kappa shape index (κ2) is 10.0. The van der Waals surface area contributed by atoms with Gasteiger partial charge in [0.1, 0.15) is 6.61 Å². The van der Waals surface area contributed by atoms with Crippen molar-refractivity contribution >= 4 is 28.8 Å². The molecule has 2 aliphatic heterocycles. The van der Waals surface area contributed by atoms with Crippen molar-refractivity contribution in [2.45, 2.75) is 45.4 Å². The highest BCUT2D eigenvalue weighted by atomic mass is 32.2. The minimum absolute atomic E-state index is 0.0652. The van der Waals surface area contributed by atoms with E-state index in [0.717, 1.165) is 5.56 Å². The zero-order chi connectivity index (χ0) is 22.5. The minimum atomic E-state index is -0.656. The van der Waals surface area contributed by atoms with Crippen LogP contribution in [-0.2, 0) is 14.3 Å². The number of allylic oxidation sites excluding steroid dienone is 1. The van der Waals surface area contributed by atoms with E-state index in [0.29, 0.717) is 47.6 Å². The van der Waals surface area contributed by atoms with Crippen LogP contribution in [0.25, 0.3) is 0 Å². The van der Waals surface area contributed by atoms with Crippen molar-refractivity contribution in [1.82, 2.24) is 4.90 Å². The van der Waals surface area contributed by atoms with Crippen LogP contribution >= 0.6 is 11.8 Å². The molecule has 2 heterocycles. The molecule has 166 valence electrons. The lowest BCUT2D eigenvalue weighted by Gasteiger charge is -2.33. The molecule has 2 aliphatic rings. The van der Waals surface area contributed by atoms with Crippen molar-refractivity contribution in [2.24, 2.45) is 4.99 Å². The highest BCUT2D eigenvalue weighted by Gasteiger charge is 2.47. The summed E-state index contributed by atoms with van der Waals surface area (Å²) in [5, 5.41) is 0.373. The summed E-state index contributed by atoms with van der Waals surface area (Å²) in [6.07, 6.45) is 2.18. The van der Waals surface area contributed by atoms with E-state index in [-0.39, 0.29) is 17.8 Å². The average Bonchev–Trinajstić information content (AvgIpc) is 3.07. The van der Waals surface area contributed by atoms with Gasteiger partial charge in [-0.25, -0.2) is 9.79 Å². The molecule has 0 unspecified atom stereocenters. The molecule has 0 spiro atoms. The molecule has 3 rings (SSSR count). The summed E-state index contributed by atoms with van der Waals surface area (Å²) >= 11 is 1.43. The van der Waals surface area contributed by atoms with Gasteiger partial charge in [0.25, 0.3) is 0 Å². The van der Waals surface area contributed by atoms with E-state index < -0.39 is 12.0 Å². The molecule has 8 heteroatoms. The topological polar surface area (TPSA) is 77.4 Å². The normalized spacial score (nSPS) is 20.3. The number of fused-ring (bicyclic) bond motifs is 1. The number of benzene rings is 1. The lowest BCUT2D eigenvalue weighted by atomic mass is 9.93. The molecule has 2 atom stereocenters. The third kappa shape index (κ3) is 4.49.